The summed E-state index contributed by atoms with van der Waals surface area (Å²) in [6, 6.07) is 0. The Labute approximate surface area is 120 Å². The highest BCUT2D eigenvalue weighted by Gasteiger charge is 2.32. The average molecular weight is 297 g/mol. The Hall–Kier alpha value is 0.0300. The molecule has 1 rings (SSSR count). The van der Waals surface area contributed by atoms with Crippen LogP contribution >= 0.6 is 24.2 Å². The van der Waals surface area contributed by atoms with Gasteiger partial charge in [-0.15, -0.1) is 12.4 Å². The van der Waals surface area contributed by atoms with Gasteiger partial charge in [-0.3, -0.25) is 4.79 Å². The van der Waals surface area contributed by atoms with E-state index in [1.165, 1.54) is 0 Å². The number of methoxy groups -OCH3 is 1. The number of thioether (sulfide) groups is 1. The minimum atomic E-state index is 0. The van der Waals surface area contributed by atoms with Gasteiger partial charge in [-0.05, 0) is 32.2 Å². The zero-order valence-electron chi connectivity index (χ0n) is 11.3. The largest absolute Gasteiger partial charge is 0.384 e. The van der Waals surface area contributed by atoms with Gasteiger partial charge in [-0.1, -0.05) is 0 Å². The molecular formula is C12H25ClN2O2S. The van der Waals surface area contributed by atoms with Crippen molar-refractivity contribution in [3.8, 4) is 0 Å². The fourth-order valence-electron chi connectivity index (χ4n) is 2.20. The van der Waals surface area contributed by atoms with Crippen LogP contribution in [0.3, 0.4) is 0 Å². The summed E-state index contributed by atoms with van der Waals surface area (Å²) in [7, 11) is 1.74. The Bertz CT molecular complexity index is 231. The van der Waals surface area contributed by atoms with E-state index in [4.69, 9.17) is 4.74 Å². The van der Waals surface area contributed by atoms with Crippen molar-refractivity contribution in [1.82, 2.24) is 10.6 Å². The summed E-state index contributed by atoms with van der Waals surface area (Å²) < 4.78 is 5.31. The van der Waals surface area contributed by atoms with Crippen LogP contribution in [0.25, 0.3) is 0 Å². The normalized spacial score (nSPS) is 17.9. The molecular weight excluding hydrogens is 272 g/mol. The molecule has 1 heterocycles. The highest BCUT2D eigenvalue weighted by molar-refractivity contribution is 7.98. The number of hydrogen-bond donors (Lipinski definition) is 2. The second kappa shape index (κ2) is 9.89. The standard InChI is InChI=1S/C12H24N2O2S.ClH/c1-16-10-12(4-6-13-7-5-12)9-14-11(15)3-8-17-2;/h13H,3-10H2,1-2H3,(H,14,15);1H. The van der Waals surface area contributed by atoms with Crippen LogP contribution in [0.5, 0.6) is 0 Å². The number of ether oxygens (including phenoxy) is 1. The Morgan fingerprint density at radius 2 is 2.11 bits per heavy atom. The smallest absolute Gasteiger partial charge is 0.220 e. The van der Waals surface area contributed by atoms with Crippen molar-refractivity contribution in [3.05, 3.63) is 0 Å². The van der Waals surface area contributed by atoms with Crippen LogP contribution in [0, 0.1) is 5.41 Å². The van der Waals surface area contributed by atoms with Gasteiger partial charge in [-0.25, -0.2) is 0 Å². The molecule has 0 spiro atoms. The van der Waals surface area contributed by atoms with Crippen molar-refractivity contribution in [1.29, 1.82) is 0 Å². The number of rotatable bonds is 7. The lowest BCUT2D eigenvalue weighted by Crippen LogP contribution is -2.47. The summed E-state index contributed by atoms with van der Waals surface area (Å²) >= 11 is 1.71. The molecule has 1 fully saturated rings. The lowest BCUT2D eigenvalue weighted by Gasteiger charge is -2.37. The quantitative estimate of drug-likeness (QED) is 0.743. The minimum absolute atomic E-state index is 0. The van der Waals surface area contributed by atoms with E-state index < -0.39 is 0 Å². The molecule has 0 aromatic rings. The Balaban J connectivity index is 0.00000289. The summed E-state index contributed by atoms with van der Waals surface area (Å²) in [5.74, 6) is 1.05. The summed E-state index contributed by atoms with van der Waals surface area (Å²) in [5, 5.41) is 6.40. The fraction of sp³-hybridized carbons (Fsp3) is 0.917. The lowest BCUT2D eigenvalue weighted by molar-refractivity contribution is -0.121. The second-order valence-corrected chi connectivity index (χ2v) is 5.69. The van der Waals surface area contributed by atoms with Gasteiger partial charge < -0.3 is 15.4 Å². The summed E-state index contributed by atoms with van der Waals surface area (Å²) in [5.41, 5.74) is 0.134. The van der Waals surface area contributed by atoms with Crippen LogP contribution in [0.2, 0.25) is 0 Å². The summed E-state index contributed by atoms with van der Waals surface area (Å²) in [6.07, 6.45) is 4.78. The van der Waals surface area contributed by atoms with E-state index in [-0.39, 0.29) is 23.7 Å². The van der Waals surface area contributed by atoms with Crippen LogP contribution in [-0.2, 0) is 9.53 Å². The van der Waals surface area contributed by atoms with Gasteiger partial charge in [0.15, 0.2) is 0 Å². The molecule has 0 radical (unpaired) electrons. The molecule has 1 aliphatic rings. The number of nitrogens with one attached hydrogen (secondary N) is 2. The zero-order chi connectivity index (χ0) is 12.6. The fourth-order valence-corrected chi connectivity index (χ4v) is 2.59. The second-order valence-electron chi connectivity index (χ2n) is 4.70. The molecule has 6 heteroatoms. The predicted molar refractivity (Wildman–Crippen MR) is 79.7 cm³/mol. The number of carbonyl (C=O) groups is 1. The van der Waals surface area contributed by atoms with Crippen LogP contribution in [0.4, 0.5) is 0 Å². The summed E-state index contributed by atoms with van der Waals surface area (Å²) in [4.78, 5) is 11.6. The van der Waals surface area contributed by atoms with Crippen LogP contribution in [0.15, 0.2) is 0 Å². The third-order valence-electron chi connectivity index (χ3n) is 3.31. The highest BCUT2D eigenvalue weighted by Crippen LogP contribution is 2.28. The number of hydrogen-bond acceptors (Lipinski definition) is 4. The lowest BCUT2D eigenvalue weighted by atomic mass is 9.79. The molecule has 1 amide bonds. The van der Waals surface area contributed by atoms with Crippen LogP contribution in [0.1, 0.15) is 19.3 Å². The first kappa shape index (κ1) is 18.0. The van der Waals surface area contributed by atoms with E-state index in [0.717, 1.165) is 44.8 Å². The molecule has 2 N–H and O–H groups in total. The van der Waals surface area contributed by atoms with Crippen molar-refractivity contribution < 1.29 is 9.53 Å². The first-order chi connectivity index (χ1) is 8.22. The maximum absolute atomic E-state index is 11.6. The van der Waals surface area contributed by atoms with Gasteiger partial charge in [-0.2, -0.15) is 11.8 Å². The molecule has 0 atom stereocenters. The molecule has 0 saturated carbocycles. The van der Waals surface area contributed by atoms with Gasteiger partial charge in [0.25, 0.3) is 0 Å². The molecule has 1 saturated heterocycles. The maximum atomic E-state index is 11.6. The molecule has 0 unspecified atom stereocenters. The van der Waals surface area contributed by atoms with Gasteiger partial charge in [0, 0.05) is 31.2 Å². The maximum Gasteiger partial charge on any atom is 0.220 e. The summed E-state index contributed by atoms with van der Waals surface area (Å²) in [6.45, 7) is 3.52. The zero-order valence-corrected chi connectivity index (χ0v) is 12.9. The van der Waals surface area contributed by atoms with Gasteiger partial charge in [0.2, 0.25) is 5.91 Å². The number of halogens is 1. The SMILES string of the molecule is COCC1(CNC(=O)CCSC)CCNCC1.Cl. The Morgan fingerprint density at radius 1 is 1.44 bits per heavy atom. The van der Waals surface area contributed by atoms with Crippen molar-refractivity contribution in [2.75, 3.05) is 45.4 Å². The Kier molecular flexibility index (Phi) is 9.91. The van der Waals surface area contributed by atoms with Gasteiger partial charge in [0.1, 0.15) is 0 Å². The molecule has 0 aromatic carbocycles. The third-order valence-corrected chi connectivity index (χ3v) is 3.92. The van der Waals surface area contributed by atoms with Crippen molar-refractivity contribution in [2.45, 2.75) is 19.3 Å². The molecule has 18 heavy (non-hydrogen) atoms. The van der Waals surface area contributed by atoms with E-state index in [0.29, 0.717) is 6.42 Å². The first-order valence-electron chi connectivity index (χ1n) is 6.18. The monoisotopic (exact) mass is 296 g/mol. The topological polar surface area (TPSA) is 50.4 Å². The number of piperidine rings is 1. The molecule has 108 valence electrons. The van der Waals surface area contributed by atoms with E-state index in [9.17, 15) is 4.79 Å². The van der Waals surface area contributed by atoms with E-state index in [1.54, 1.807) is 18.9 Å². The molecule has 0 aromatic heterocycles. The Morgan fingerprint density at radius 3 is 2.67 bits per heavy atom. The first-order valence-corrected chi connectivity index (χ1v) is 7.57. The average Bonchev–Trinajstić information content (AvgIpc) is 2.35. The van der Waals surface area contributed by atoms with E-state index >= 15 is 0 Å². The number of carbonyl (C=O) groups excluding carboxylic acids is 1. The van der Waals surface area contributed by atoms with E-state index in [2.05, 4.69) is 10.6 Å². The van der Waals surface area contributed by atoms with Gasteiger partial charge >= 0.3 is 0 Å². The highest BCUT2D eigenvalue weighted by atomic mass is 35.5. The third kappa shape index (κ3) is 6.27. The number of amides is 1. The predicted octanol–water partition coefficient (Wildman–Crippen LogP) is 1.29. The van der Waals surface area contributed by atoms with Gasteiger partial charge in [0.05, 0.1) is 6.61 Å². The molecule has 4 nitrogen and oxygen atoms in total. The van der Waals surface area contributed by atoms with Crippen molar-refractivity contribution in [2.24, 2.45) is 5.41 Å². The van der Waals surface area contributed by atoms with Crippen LogP contribution < -0.4 is 10.6 Å². The van der Waals surface area contributed by atoms with Crippen LogP contribution in [-0.4, -0.2) is 51.3 Å². The molecule has 1 aliphatic heterocycles. The molecule has 0 bridgehead atoms. The van der Waals surface area contributed by atoms with E-state index in [1.807, 2.05) is 6.26 Å². The molecule has 0 aliphatic carbocycles. The van der Waals surface area contributed by atoms with Crippen molar-refractivity contribution >= 4 is 30.1 Å². The van der Waals surface area contributed by atoms with Crippen molar-refractivity contribution in [3.63, 3.8) is 0 Å². The minimum Gasteiger partial charge on any atom is -0.384 e.